The van der Waals surface area contributed by atoms with Crippen molar-refractivity contribution in [3.63, 3.8) is 0 Å². The van der Waals surface area contributed by atoms with Crippen molar-refractivity contribution in [2.75, 3.05) is 0 Å². The van der Waals surface area contributed by atoms with Crippen LogP contribution in [-0.4, -0.2) is 11.1 Å². The van der Waals surface area contributed by atoms with Gasteiger partial charge in [0.1, 0.15) is 0 Å². The fraction of sp³-hybridized carbons (Fsp3) is 0.462. The number of carboxylic acids is 1. The van der Waals surface area contributed by atoms with Crippen molar-refractivity contribution in [1.29, 1.82) is 0 Å². The van der Waals surface area contributed by atoms with Crippen molar-refractivity contribution < 1.29 is 9.90 Å². The highest BCUT2D eigenvalue weighted by atomic mass is 16.4. The lowest BCUT2D eigenvalue weighted by Crippen LogP contribution is -2.16. The van der Waals surface area contributed by atoms with Crippen molar-refractivity contribution in [1.82, 2.24) is 0 Å². The number of hydrogen-bond acceptors (Lipinski definition) is 1. The van der Waals surface area contributed by atoms with Gasteiger partial charge in [0.2, 0.25) is 0 Å². The Labute approximate surface area is 90.9 Å². The molecule has 2 heteroatoms. The molecule has 0 amide bonds. The minimum atomic E-state index is -0.846. The Kier molecular flexibility index (Phi) is 3.18. The van der Waals surface area contributed by atoms with Gasteiger partial charge in [0.15, 0.2) is 0 Å². The second-order valence-corrected chi connectivity index (χ2v) is 4.57. The van der Waals surface area contributed by atoms with Crippen molar-refractivity contribution in [3.8, 4) is 0 Å². The molecule has 1 aromatic carbocycles. The summed E-state index contributed by atoms with van der Waals surface area (Å²) in [7, 11) is 0. The third kappa shape index (κ3) is 2.38. The lowest BCUT2D eigenvalue weighted by molar-refractivity contribution is 0.0696. The van der Waals surface area contributed by atoms with Crippen LogP contribution in [0.4, 0.5) is 0 Å². The predicted molar refractivity (Wildman–Crippen MR) is 61.5 cm³/mol. The molecule has 0 fully saturated rings. The molecule has 0 radical (unpaired) electrons. The van der Waals surface area contributed by atoms with Crippen molar-refractivity contribution in [2.45, 2.75) is 39.5 Å². The lowest BCUT2D eigenvalue weighted by atomic mass is 9.81. The molecule has 0 aliphatic heterocycles. The minimum absolute atomic E-state index is 0.0396. The van der Waals surface area contributed by atoms with E-state index in [1.54, 1.807) is 6.07 Å². The number of carboxylic acid groups (broad SMARTS) is 1. The van der Waals surface area contributed by atoms with Crippen LogP contribution >= 0.6 is 0 Å². The maximum Gasteiger partial charge on any atom is 0.335 e. The highest BCUT2D eigenvalue weighted by Crippen LogP contribution is 2.28. The average Bonchev–Trinajstić information content (AvgIpc) is 2.17. The number of aromatic carboxylic acids is 1. The van der Waals surface area contributed by atoms with E-state index in [2.05, 4.69) is 20.8 Å². The van der Waals surface area contributed by atoms with Crippen molar-refractivity contribution in [2.24, 2.45) is 0 Å². The van der Waals surface area contributed by atoms with E-state index in [1.807, 2.05) is 19.1 Å². The first kappa shape index (κ1) is 11.8. The topological polar surface area (TPSA) is 37.3 Å². The Morgan fingerprint density at radius 1 is 1.40 bits per heavy atom. The molecule has 2 nitrogen and oxygen atoms in total. The fourth-order valence-corrected chi connectivity index (χ4v) is 1.48. The number of rotatable bonds is 3. The van der Waals surface area contributed by atoms with Crippen LogP contribution in [0.3, 0.4) is 0 Å². The summed E-state index contributed by atoms with van der Waals surface area (Å²) in [6.45, 7) is 8.19. The summed E-state index contributed by atoms with van der Waals surface area (Å²) in [5, 5.41) is 9.03. The summed E-state index contributed by atoms with van der Waals surface area (Å²) >= 11 is 0. The molecule has 0 spiro atoms. The van der Waals surface area contributed by atoms with Gasteiger partial charge in [-0.3, -0.25) is 0 Å². The zero-order valence-corrected chi connectivity index (χ0v) is 9.79. The highest BCUT2D eigenvalue weighted by Gasteiger charge is 2.20. The maximum absolute atomic E-state index is 11.0. The smallest absolute Gasteiger partial charge is 0.335 e. The third-order valence-electron chi connectivity index (χ3n) is 3.13. The van der Waals surface area contributed by atoms with E-state index < -0.39 is 5.97 Å². The summed E-state index contributed by atoms with van der Waals surface area (Å²) in [6, 6.07) is 5.70. The molecule has 0 aromatic heterocycles. The summed E-state index contributed by atoms with van der Waals surface area (Å²) < 4.78 is 0. The molecular weight excluding hydrogens is 188 g/mol. The summed E-state index contributed by atoms with van der Waals surface area (Å²) in [4.78, 5) is 11.0. The van der Waals surface area contributed by atoms with Crippen LogP contribution in [0, 0.1) is 6.92 Å². The normalized spacial score (nSPS) is 11.5. The minimum Gasteiger partial charge on any atom is -0.478 e. The summed E-state index contributed by atoms with van der Waals surface area (Å²) in [5.74, 6) is -0.846. The lowest BCUT2D eigenvalue weighted by Gasteiger charge is -2.24. The first-order chi connectivity index (χ1) is 6.88. The van der Waals surface area contributed by atoms with Crippen LogP contribution in [0.15, 0.2) is 18.2 Å². The van der Waals surface area contributed by atoms with E-state index in [-0.39, 0.29) is 5.41 Å². The SMILES string of the molecule is CCC(C)(C)c1ccc(C)c(C(=O)O)c1. The number of hydrogen-bond donors (Lipinski definition) is 1. The van der Waals surface area contributed by atoms with Gasteiger partial charge in [-0.05, 0) is 36.0 Å². The predicted octanol–water partition coefficient (Wildman–Crippen LogP) is 3.38. The van der Waals surface area contributed by atoms with Gasteiger partial charge in [0.05, 0.1) is 5.56 Å². The highest BCUT2D eigenvalue weighted by molar-refractivity contribution is 5.89. The molecule has 0 aliphatic rings. The average molecular weight is 206 g/mol. The van der Waals surface area contributed by atoms with Gasteiger partial charge in [-0.15, -0.1) is 0 Å². The van der Waals surface area contributed by atoms with E-state index in [0.717, 1.165) is 17.5 Å². The van der Waals surface area contributed by atoms with Crippen molar-refractivity contribution in [3.05, 3.63) is 34.9 Å². The van der Waals surface area contributed by atoms with Gasteiger partial charge in [-0.25, -0.2) is 4.79 Å². The Bertz CT molecular complexity index is 378. The van der Waals surface area contributed by atoms with E-state index in [0.29, 0.717) is 5.56 Å². The van der Waals surface area contributed by atoms with Crippen LogP contribution in [0.25, 0.3) is 0 Å². The van der Waals surface area contributed by atoms with Crippen LogP contribution in [0.1, 0.15) is 48.7 Å². The standard InChI is InChI=1S/C13H18O2/c1-5-13(3,4)10-7-6-9(2)11(8-10)12(14)15/h6-8H,5H2,1-4H3,(H,14,15). The number of benzene rings is 1. The Morgan fingerprint density at radius 2 is 2.00 bits per heavy atom. The van der Waals surface area contributed by atoms with Crippen LogP contribution in [-0.2, 0) is 5.41 Å². The quantitative estimate of drug-likeness (QED) is 0.823. The Hall–Kier alpha value is -1.31. The van der Waals surface area contributed by atoms with Gasteiger partial charge in [0, 0.05) is 0 Å². The van der Waals surface area contributed by atoms with Crippen LogP contribution < -0.4 is 0 Å². The van der Waals surface area contributed by atoms with Gasteiger partial charge < -0.3 is 5.11 Å². The van der Waals surface area contributed by atoms with Gasteiger partial charge in [-0.2, -0.15) is 0 Å². The summed E-state index contributed by atoms with van der Waals surface area (Å²) in [5.41, 5.74) is 2.36. The van der Waals surface area contributed by atoms with E-state index >= 15 is 0 Å². The van der Waals surface area contributed by atoms with Crippen LogP contribution in [0.2, 0.25) is 0 Å². The molecule has 0 saturated heterocycles. The molecule has 82 valence electrons. The van der Waals surface area contributed by atoms with E-state index in [4.69, 9.17) is 5.11 Å². The number of aryl methyl sites for hydroxylation is 1. The van der Waals surface area contributed by atoms with E-state index in [1.165, 1.54) is 0 Å². The zero-order chi connectivity index (χ0) is 11.6. The Morgan fingerprint density at radius 3 is 2.47 bits per heavy atom. The summed E-state index contributed by atoms with van der Waals surface area (Å²) in [6.07, 6.45) is 0.995. The third-order valence-corrected chi connectivity index (χ3v) is 3.13. The van der Waals surface area contributed by atoms with Crippen molar-refractivity contribution >= 4 is 5.97 Å². The largest absolute Gasteiger partial charge is 0.478 e. The molecule has 1 aromatic rings. The molecule has 0 atom stereocenters. The zero-order valence-electron chi connectivity index (χ0n) is 9.79. The first-order valence-corrected chi connectivity index (χ1v) is 5.23. The molecule has 0 unspecified atom stereocenters. The second kappa shape index (κ2) is 4.05. The van der Waals surface area contributed by atoms with Gasteiger partial charge in [-0.1, -0.05) is 32.9 Å². The van der Waals surface area contributed by atoms with Gasteiger partial charge in [0.25, 0.3) is 0 Å². The monoisotopic (exact) mass is 206 g/mol. The molecule has 15 heavy (non-hydrogen) atoms. The second-order valence-electron chi connectivity index (χ2n) is 4.57. The molecule has 1 rings (SSSR count). The number of carbonyl (C=O) groups is 1. The molecule has 1 N–H and O–H groups in total. The Balaban J connectivity index is 3.25. The van der Waals surface area contributed by atoms with E-state index in [9.17, 15) is 4.79 Å². The molecule has 0 saturated carbocycles. The fourth-order valence-electron chi connectivity index (χ4n) is 1.48. The van der Waals surface area contributed by atoms with Gasteiger partial charge >= 0.3 is 5.97 Å². The maximum atomic E-state index is 11.0. The first-order valence-electron chi connectivity index (χ1n) is 5.23. The molecule has 0 heterocycles. The molecular formula is C13H18O2. The van der Waals surface area contributed by atoms with Crippen LogP contribution in [0.5, 0.6) is 0 Å². The molecule has 0 aliphatic carbocycles. The molecule has 0 bridgehead atoms.